The molecule has 0 bridgehead atoms. The van der Waals surface area contributed by atoms with Gasteiger partial charge in [-0.25, -0.2) is 0 Å². The Morgan fingerprint density at radius 3 is 3.00 bits per heavy atom. The van der Waals surface area contributed by atoms with Crippen LogP contribution in [0.15, 0.2) is 11.4 Å². The zero-order valence-electron chi connectivity index (χ0n) is 8.66. The third-order valence-corrected chi connectivity index (χ3v) is 2.94. The number of carbonyl (C=O) groups excluding carboxylic acids is 1. The summed E-state index contributed by atoms with van der Waals surface area (Å²) in [5, 5.41) is 4.75. The van der Waals surface area contributed by atoms with Gasteiger partial charge in [-0.1, -0.05) is 6.92 Å². The van der Waals surface area contributed by atoms with Gasteiger partial charge in [0.2, 0.25) is 0 Å². The van der Waals surface area contributed by atoms with Gasteiger partial charge < -0.3 is 10.1 Å². The van der Waals surface area contributed by atoms with Crippen LogP contribution >= 0.6 is 11.3 Å². The summed E-state index contributed by atoms with van der Waals surface area (Å²) in [5.41, 5.74) is 0. The second-order valence-electron chi connectivity index (χ2n) is 3.10. The molecular formula is C10H15NO2S. The van der Waals surface area contributed by atoms with E-state index in [4.69, 9.17) is 4.74 Å². The maximum Gasteiger partial charge on any atom is 0.265 e. The van der Waals surface area contributed by atoms with E-state index in [1.165, 1.54) is 11.3 Å². The molecule has 1 amide bonds. The van der Waals surface area contributed by atoms with Crippen molar-refractivity contribution in [1.82, 2.24) is 5.32 Å². The number of amides is 1. The second-order valence-corrected chi connectivity index (χ2v) is 4.02. The molecule has 0 aliphatic carbocycles. The van der Waals surface area contributed by atoms with Crippen LogP contribution in [-0.4, -0.2) is 19.1 Å². The molecular weight excluding hydrogens is 198 g/mol. The van der Waals surface area contributed by atoms with Crippen LogP contribution in [-0.2, 0) is 0 Å². The fraction of sp³-hybridized carbons (Fsp3) is 0.500. The molecule has 0 aromatic carbocycles. The number of thiophene rings is 1. The van der Waals surface area contributed by atoms with Crippen molar-refractivity contribution in [3.8, 4) is 5.75 Å². The zero-order chi connectivity index (χ0) is 10.6. The van der Waals surface area contributed by atoms with Crippen molar-refractivity contribution < 1.29 is 9.53 Å². The van der Waals surface area contributed by atoms with Crippen LogP contribution < -0.4 is 10.1 Å². The van der Waals surface area contributed by atoms with E-state index in [0.717, 1.165) is 6.42 Å². The molecule has 0 fully saturated rings. The molecule has 0 aliphatic rings. The maximum atomic E-state index is 11.7. The Hall–Kier alpha value is -1.03. The van der Waals surface area contributed by atoms with Gasteiger partial charge in [0, 0.05) is 6.04 Å². The summed E-state index contributed by atoms with van der Waals surface area (Å²) in [5.74, 6) is 0.599. The van der Waals surface area contributed by atoms with Crippen molar-refractivity contribution >= 4 is 17.2 Å². The van der Waals surface area contributed by atoms with Crippen LogP contribution in [0.25, 0.3) is 0 Å². The van der Waals surface area contributed by atoms with Crippen molar-refractivity contribution in [3.63, 3.8) is 0 Å². The van der Waals surface area contributed by atoms with Crippen LogP contribution in [0.3, 0.4) is 0 Å². The Bertz CT molecular complexity index is 309. The average Bonchev–Trinajstić information content (AvgIpc) is 2.65. The number of ether oxygens (including phenoxy) is 1. The summed E-state index contributed by atoms with van der Waals surface area (Å²) < 4.78 is 5.07. The molecule has 1 heterocycles. The Kier molecular flexibility index (Phi) is 3.95. The molecule has 1 aromatic rings. The van der Waals surface area contributed by atoms with Crippen molar-refractivity contribution in [2.45, 2.75) is 26.3 Å². The molecule has 4 heteroatoms. The number of hydrogen-bond acceptors (Lipinski definition) is 3. The van der Waals surface area contributed by atoms with Gasteiger partial charge in [-0.2, -0.15) is 0 Å². The van der Waals surface area contributed by atoms with Crippen molar-refractivity contribution in [2.24, 2.45) is 0 Å². The standard InChI is InChI=1S/C10H15NO2S/c1-4-7(2)11-10(12)9-8(13-3)5-6-14-9/h5-7H,4H2,1-3H3,(H,11,12). The fourth-order valence-corrected chi connectivity index (χ4v) is 1.78. The van der Waals surface area contributed by atoms with Gasteiger partial charge in [-0.3, -0.25) is 4.79 Å². The molecule has 1 N–H and O–H groups in total. The molecule has 1 aromatic heterocycles. The third-order valence-electron chi connectivity index (χ3n) is 2.05. The fourth-order valence-electron chi connectivity index (χ4n) is 1.02. The molecule has 0 saturated heterocycles. The predicted octanol–water partition coefficient (Wildman–Crippen LogP) is 2.29. The first-order valence-electron chi connectivity index (χ1n) is 4.61. The van der Waals surface area contributed by atoms with Gasteiger partial charge in [0.15, 0.2) is 0 Å². The minimum atomic E-state index is -0.0498. The molecule has 1 rings (SSSR count). The summed E-state index contributed by atoms with van der Waals surface area (Å²) in [4.78, 5) is 12.3. The van der Waals surface area contributed by atoms with Crippen LogP contribution in [0.1, 0.15) is 29.9 Å². The molecule has 0 spiro atoms. The summed E-state index contributed by atoms with van der Waals surface area (Å²) in [6, 6.07) is 2.00. The topological polar surface area (TPSA) is 38.3 Å². The molecule has 0 saturated carbocycles. The number of rotatable bonds is 4. The zero-order valence-corrected chi connectivity index (χ0v) is 9.48. The van der Waals surface area contributed by atoms with E-state index in [1.54, 1.807) is 13.2 Å². The highest BCUT2D eigenvalue weighted by Gasteiger charge is 2.14. The molecule has 14 heavy (non-hydrogen) atoms. The molecule has 1 unspecified atom stereocenters. The Balaban J connectivity index is 2.69. The largest absolute Gasteiger partial charge is 0.495 e. The SMILES string of the molecule is CCC(C)NC(=O)c1sccc1OC. The normalized spacial score (nSPS) is 12.2. The molecule has 78 valence electrons. The molecule has 0 radical (unpaired) electrons. The van der Waals surface area contributed by atoms with E-state index in [1.807, 2.05) is 19.2 Å². The lowest BCUT2D eigenvalue weighted by Gasteiger charge is -2.10. The van der Waals surface area contributed by atoms with E-state index in [9.17, 15) is 4.79 Å². The van der Waals surface area contributed by atoms with E-state index in [-0.39, 0.29) is 11.9 Å². The van der Waals surface area contributed by atoms with Gasteiger partial charge in [-0.15, -0.1) is 11.3 Å². The minimum Gasteiger partial charge on any atom is -0.495 e. The summed E-state index contributed by atoms with van der Waals surface area (Å²) >= 11 is 1.40. The summed E-state index contributed by atoms with van der Waals surface area (Å²) in [6.45, 7) is 4.02. The van der Waals surface area contributed by atoms with Gasteiger partial charge in [0.05, 0.1) is 7.11 Å². The van der Waals surface area contributed by atoms with Gasteiger partial charge in [-0.05, 0) is 24.8 Å². The minimum absolute atomic E-state index is 0.0498. The van der Waals surface area contributed by atoms with Gasteiger partial charge >= 0.3 is 0 Å². The van der Waals surface area contributed by atoms with Gasteiger partial charge in [0.25, 0.3) is 5.91 Å². The predicted molar refractivity (Wildman–Crippen MR) is 58.1 cm³/mol. The summed E-state index contributed by atoms with van der Waals surface area (Å²) in [7, 11) is 1.57. The lowest BCUT2D eigenvalue weighted by atomic mass is 10.2. The lowest BCUT2D eigenvalue weighted by Crippen LogP contribution is -2.31. The van der Waals surface area contributed by atoms with Gasteiger partial charge in [0.1, 0.15) is 10.6 Å². The first-order chi connectivity index (χ1) is 6.69. The van der Waals surface area contributed by atoms with E-state index in [2.05, 4.69) is 5.32 Å². The number of hydrogen-bond donors (Lipinski definition) is 1. The highest BCUT2D eigenvalue weighted by Crippen LogP contribution is 2.24. The average molecular weight is 213 g/mol. The molecule has 1 atom stereocenters. The first-order valence-corrected chi connectivity index (χ1v) is 5.49. The number of carbonyl (C=O) groups is 1. The first kappa shape index (κ1) is 11.0. The van der Waals surface area contributed by atoms with Crippen LogP contribution in [0.2, 0.25) is 0 Å². The Labute approximate surface area is 88.1 Å². The Morgan fingerprint density at radius 2 is 2.43 bits per heavy atom. The highest BCUT2D eigenvalue weighted by atomic mass is 32.1. The van der Waals surface area contributed by atoms with E-state index in [0.29, 0.717) is 10.6 Å². The maximum absolute atomic E-state index is 11.7. The molecule has 3 nitrogen and oxygen atoms in total. The lowest BCUT2D eigenvalue weighted by molar-refractivity contribution is 0.0940. The quantitative estimate of drug-likeness (QED) is 0.833. The van der Waals surface area contributed by atoms with Crippen molar-refractivity contribution in [1.29, 1.82) is 0 Å². The highest BCUT2D eigenvalue weighted by molar-refractivity contribution is 7.12. The van der Waals surface area contributed by atoms with E-state index < -0.39 is 0 Å². The second kappa shape index (κ2) is 5.00. The van der Waals surface area contributed by atoms with Crippen LogP contribution in [0, 0.1) is 0 Å². The van der Waals surface area contributed by atoms with Crippen molar-refractivity contribution in [2.75, 3.05) is 7.11 Å². The number of methoxy groups -OCH3 is 1. The van der Waals surface area contributed by atoms with Crippen molar-refractivity contribution in [3.05, 3.63) is 16.3 Å². The third kappa shape index (κ3) is 2.48. The molecule has 0 aliphatic heterocycles. The van der Waals surface area contributed by atoms with Crippen LogP contribution in [0.5, 0.6) is 5.75 Å². The van der Waals surface area contributed by atoms with E-state index >= 15 is 0 Å². The summed E-state index contributed by atoms with van der Waals surface area (Å²) in [6.07, 6.45) is 0.930. The van der Waals surface area contributed by atoms with Crippen LogP contribution in [0.4, 0.5) is 0 Å². The Morgan fingerprint density at radius 1 is 1.71 bits per heavy atom. The monoisotopic (exact) mass is 213 g/mol. The smallest absolute Gasteiger partial charge is 0.265 e. The number of nitrogens with one attached hydrogen (secondary N) is 1.